The van der Waals surface area contributed by atoms with Gasteiger partial charge in [0.2, 0.25) is 0 Å². The van der Waals surface area contributed by atoms with Crippen molar-refractivity contribution < 1.29 is 4.79 Å². The van der Waals surface area contributed by atoms with E-state index in [-0.39, 0.29) is 5.78 Å². The first-order chi connectivity index (χ1) is 11.2. The molecule has 0 N–H and O–H groups in total. The molecule has 0 aliphatic rings. The van der Waals surface area contributed by atoms with E-state index in [1.807, 2.05) is 30.3 Å². The molecule has 0 heterocycles. The zero-order valence-electron chi connectivity index (χ0n) is 12.7. The molecule has 0 saturated carbocycles. The zero-order valence-corrected chi connectivity index (χ0v) is 13.5. The molecule has 2 heteroatoms. The Labute approximate surface area is 141 Å². The molecular weight excluding hydrogens is 304 g/mol. The number of halogens is 1. The van der Waals surface area contributed by atoms with Crippen molar-refractivity contribution in [2.24, 2.45) is 0 Å². The molecule has 3 rings (SSSR count). The maximum absolute atomic E-state index is 12.4. The van der Waals surface area contributed by atoms with Crippen molar-refractivity contribution >= 4 is 17.4 Å². The van der Waals surface area contributed by atoms with Gasteiger partial charge in [-0.1, -0.05) is 78.3 Å². The predicted octanol–water partition coefficient (Wildman–Crippen LogP) is 5.36. The normalized spacial score (nSPS) is 10.5. The maximum Gasteiger partial charge on any atom is 0.193 e. The monoisotopic (exact) mass is 320 g/mol. The number of rotatable bonds is 5. The van der Waals surface area contributed by atoms with E-state index in [9.17, 15) is 4.79 Å². The van der Waals surface area contributed by atoms with E-state index >= 15 is 0 Å². The van der Waals surface area contributed by atoms with Crippen molar-refractivity contribution in [1.82, 2.24) is 0 Å². The lowest BCUT2D eigenvalue weighted by Gasteiger charge is -2.05. The average Bonchev–Trinajstić information content (AvgIpc) is 2.61. The number of carbonyl (C=O) groups excluding carboxylic acids is 1. The summed E-state index contributed by atoms with van der Waals surface area (Å²) in [6.45, 7) is 0. The fraction of sp³-hybridized carbons (Fsp3) is 0.0952. The second-order valence-corrected chi connectivity index (χ2v) is 5.96. The van der Waals surface area contributed by atoms with E-state index in [1.165, 1.54) is 11.1 Å². The smallest absolute Gasteiger partial charge is 0.193 e. The van der Waals surface area contributed by atoms with Crippen LogP contribution in [0.3, 0.4) is 0 Å². The van der Waals surface area contributed by atoms with E-state index < -0.39 is 0 Å². The second-order valence-electron chi connectivity index (χ2n) is 5.52. The number of ketones is 1. The predicted molar refractivity (Wildman–Crippen MR) is 95.2 cm³/mol. The summed E-state index contributed by atoms with van der Waals surface area (Å²) < 4.78 is 0. The van der Waals surface area contributed by atoms with Crippen LogP contribution in [0.1, 0.15) is 27.0 Å². The third-order valence-electron chi connectivity index (χ3n) is 3.85. The lowest BCUT2D eigenvalue weighted by atomic mass is 9.99. The minimum atomic E-state index is 0.00195. The first kappa shape index (κ1) is 15.5. The standard InChI is InChI=1S/C21H17ClO/c22-20-8-4-7-19(15-20)21(23)18-13-11-17(12-14-18)10-9-16-5-2-1-3-6-16/h1-8,11-15H,9-10H2. The van der Waals surface area contributed by atoms with Gasteiger partial charge in [-0.3, -0.25) is 4.79 Å². The third kappa shape index (κ3) is 4.08. The molecule has 1 nitrogen and oxygen atoms in total. The van der Waals surface area contributed by atoms with Crippen LogP contribution >= 0.6 is 11.6 Å². The van der Waals surface area contributed by atoms with E-state index in [2.05, 4.69) is 24.3 Å². The highest BCUT2D eigenvalue weighted by molar-refractivity contribution is 6.31. The molecule has 0 aliphatic carbocycles. The maximum atomic E-state index is 12.4. The Bertz CT molecular complexity index is 792. The van der Waals surface area contributed by atoms with Crippen molar-refractivity contribution in [1.29, 1.82) is 0 Å². The van der Waals surface area contributed by atoms with Gasteiger partial charge < -0.3 is 0 Å². The first-order valence-electron chi connectivity index (χ1n) is 7.65. The Hall–Kier alpha value is -2.38. The largest absolute Gasteiger partial charge is 0.289 e. The number of hydrogen-bond acceptors (Lipinski definition) is 1. The van der Waals surface area contributed by atoms with Crippen LogP contribution in [0.15, 0.2) is 78.9 Å². The van der Waals surface area contributed by atoms with E-state index in [1.54, 1.807) is 24.3 Å². The van der Waals surface area contributed by atoms with Gasteiger partial charge in [0.1, 0.15) is 0 Å². The molecule has 0 fully saturated rings. The lowest BCUT2D eigenvalue weighted by molar-refractivity contribution is 0.103. The van der Waals surface area contributed by atoms with Crippen LogP contribution in [0.25, 0.3) is 0 Å². The number of carbonyl (C=O) groups is 1. The highest BCUT2D eigenvalue weighted by Gasteiger charge is 2.09. The van der Waals surface area contributed by atoms with Crippen LogP contribution in [0.2, 0.25) is 5.02 Å². The molecule has 0 atom stereocenters. The van der Waals surface area contributed by atoms with Crippen LogP contribution in [0, 0.1) is 0 Å². The molecule has 0 saturated heterocycles. The van der Waals surface area contributed by atoms with Gasteiger partial charge in [-0.15, -0.1) is 0 Å². The zero-order chi connectivity index (χ0) is 16.1. The van der Waals surface area contributed by atoms with Gasteiger partial charge in [0.05, 0.1) is 0 Å². The third-order valence-corrected chi connectivity index (χ3v) is 4.08. The molecule has 0 aromatic heterocycles. The summed E-state index contributed by atoms with van der Waals surface area (Å²) in [6.07, 6.45) is 1.97. The Morgan fingerprint density at radius 3 is 2.00 bits per heavy atom. The topological polar surface area (TPSA) is 17.1 Å². The molecule has 114 valence electrons. The highest BCUT2D eigenvalue weighted by Crippen LogP contribution is 2.16. The Morgan fingerprint density at radius 2 is 1.35 bits per heavy atom. The summed E-state index contributed by atoms with van der Waals surface area (Å²) >= 11 is 5.95. The van der Waals surface area contributed by atoms with Crippen molar-refractivity contribution in [3.8, 4) is 0 Å². The van der Waals surface area contributed by atoms with Crippen molar-refractivity contribution in [3.05, 3.63) is 106 Å². The quantitative estimate of drug-likeness (QED) is 0.579. The molecule has 0 radical (unpaired) electrons. The first-order valence-corrected chi connectivity index (χ1v) is 8.03. The summed E-state index contributed by atoms with van der Waals surface area (Å²) in [5.74, 6) is 0.00195. The van der Waals surface area contributed by atoms with Gasteiger partial charge in [0.25, 0.3) is 0 Å². The van der Waals surface area contributed by atoms with Crippen LogP contribution in [0.5, 0.6) is 0 Å². The van der Waals surface area contributed by atoms with Gasteiger partial charge in [0, 0.05) is 16.1 Å². The number of hydrogen-bond donors (Lipinski definition) is 0. The molecule has 0 amide bonds. The lowest BCUT2D eigenvalue weighted by Crippen LogP contribution is -2.01. The molecule has 0 spiro atoms. The summed E-state index contributed by atoms with van der Waals surface area (Å²) in [5.41, 5.74) is 3.87. The summed E-state index contributed by atoms with van der Waals surface area (Å²) in [4.78, 5) is 12.4. The van der Waals surface area contributed by atoms with Gasteiger partial charge in [-0.25, -0.2) is 0 Å². The molecule has 3 aromatic rings. The minimum absolute atomic E-state index is 0.00195. The van der Waals surface area contributed by atoms with E-state index in [0.29, 0.717) is 16.1 Å². The van der Waals surface area contributed by atoms with Crippen LogP contribution in [0.4, 0.5) is 0 Å². The number of benzene rings is 3. The van der Waals surface area contributed by atoms with Crippen LogP contribution in [-0.4, -0.2) is 5.78 Å². The van der Waals surface area contributed by atoms with Crippen molar-refractivity contribution in [2.45, 2.75) is 12.8 Å². The molecule has 0 bridgehead atoms. The van der Waals surface area contributed by atoms with Crippen molar-refractivity contribution in [2.75, 3.05) is 0 Å². The molecule has 0 aliphatic heterocycles. The van der Waals surface area contributed by atoms with Crippen LogP contribution < -0.4 is 0 Å². The van der Waals surface area contributed by atoms with Gasteiger partial charge in [-0.05, 0) is 36.1 Å². The fourth-order valence-corrected chi connectivity index (χ4v) is 2.74. The molecule has 23 heavy (non-hydrogen) atoms. The molecular formula is C21H17ClO. The van der Waals surface area contributed by atoms with Crippen LogP contribution in [-0.2, 0) is 12.8 Å². The van der Waals surface area contributed by atoms with Gasteiger partial charge in [-0.2, -0.15) is 0 Å². The number of aryl methyl sites for hydroxylation is 2. The SMILES string of the molecule is O=C(c1ccc(CCc2ccccc2)cc1)c1cccc(Cl)c1. The van der Waals surface area contributed by atoms with Gasteiger partial charge in [0.15, 0.2) is 5.78 Å². The summed E-state index contributed by atoms with van der Waals surface area (Å²) in [7, 11) is 0. The average molecular weight is 321 g/mol. The minimum Gasteiger partial charge on any atom is -0.289 e. The molecule has 3 aromatic carbocycles. The van der Waals surface area contributed by atoms with Crippen molar-refractivity contribution in [3.63, 3.8) is 0 Å². The Morgan fingerprint density at radius 1 is 0.696 bits per heavy atom. The summed E-state index contributed by atoms with van der Waals surface area (Å²) in [6, 6.07) is 25.3. The summed E-state index contributed by atoms with van der Waals surface area (Å²) in [5, 5.41) is 0.579. The van der Waals surface area contributed by atoms with E-state index in [4.69, 9.17) is 11.6 Å². The van der Waals surface area contributed by atoms with E-state index in [0.717, 1.165) is 12.8 Å². The Balaban J connectivity index is 1.68. The Kier molecular flexibility index (Phi) is 4.89. The highest BCUT2D eigenvalue weighted by atomic mass is 35.5. The second kappa shape index (κ2) is 7.26. The van der Waals surface area contributed by atoms with Gasteiger partial charge >= 0.3 is 0 Å². The molecule has 0 unspecified atom stereocenters. The fourth-order valence-electron chi connectivity index (χ4n) is 2.55.